The summed E-state index contributed by atoms with van der Waals surface area (Å²) < 4.78 is 13.0. The Kier molecular flexibility index (Phi) is 5.03. The van der Waals surface area contributed by atoms with Crippen molar-refractivity contribution in [2.75, 3.05) is 26.2 Å². The number of hydrazone groups is 1. The maximum Gasteiger partial charge on any atom is 0.123 e. The van der Waals surface area contributed by atoms with E-state index in [9.17, 15) is 4.39 Å². The van der Waals surface area contributed by atoms with Gasteiger partial charge in [0.15, 0.2) is 0 Å². The summed E-state index contributed by atoms with van der Waals surface area (Å²) in [6.45, 7) is 6.83. The summed E-state index contributed by atoms with van der Waals surface area (Å²) in [5.41, 5.74) is 3.26. The van der Waals surface area contributed by atoms with E-state index in [4.69, 9.17) is 0 Å². The Morgan fingerprint density at radius 3 is 2.26 bits per heavy atom. The summed E-state index contributed by atoms with van der Waals surface area (Å²) in [5.74, 6) is -0.212. The lowest BCUT2D eigenvalue weighted by molar-refractivity contribution is 0.130. The van der Waals surface area contributed by atoms with Crippen LogP contribution in [0, 0.1) is 5.82 Å². The van der Waals surface area contributed by atoms with Gasteiger partial charge in [-0.25, -0.2) is 4.39 Å². The standard InChI is InChI=1S/C19H22FN3/c1-16(18-7-9-19(20)10-8-18)21-23-13-11-22(12-14-23)15-17-5-3-2-4-6-17/h2-10H,11-15H2,1H3. The van der Waals surface area contributed by atoms with Crippen molar-refractivity contribution in [2.45, 2.75) is 13.5 Å². The molecule has 1 saturated heterocycles. The highest BCUT2D eigenvalue weighted by atomic mass is 19.1. The highest BCUT2D eigenvalue weighted by Gasteiger charge is 2.16. The first-order valence-corrected chi connectivity index (χ1v) is 8.03. The normalized spacial score (nSPS) is 16.6. The predicted molar refractivity (Wildman–Crippen MR) is 91.9 cm³/mol. The molecule has 4 heteroatoms. The molecule has 0 atom stereocenters. The molecule has 2 aromatic carbocycles. The van der Waals surface area contributed by atoms with Crippen LogP contribution >= 0.6 is 0 Å². The quantitative estimate of drug-likeness (QED) is 0.806. The van der Waals surface area contributed by atoms with E-state index in [0.29, 0.717) is 0 Å². The van der Waals surface area contributed by atoms with Crippen molar-refractivity contribution >= 4 is 5.71 Å². The van der Waals surface area contributed by atoms with Crippen molar-refractivity contribution in [2.24, 2.45) is 5.10 Å². The molecule has 3 nitrogen and oxygen atoms in total. The molecule has 1 aliphatic rings. The van der Waals surface area contributed by atoms with Gasteiger partial charge >= 0.3 is 0 Å². The molecule has 0 bridgehead atoms. The van der Waals surface area contributed by atoms with E-state index in [0.717, 1.165) is 44.0 Å². The van der Waals surface area contributed by atoms with Crippen LogP contribution in [0.3, 0.4) is 0 Å². The molecule has 0 amide bonds. The third-order valence-electron chi connectivity index (χ3n) is 4.15. The number of rotatable bonds is 4. The zero-order chi connectivity index (χ0) is 16.1. The average molecular weight is 311 g/mol. The van der Waals surface area contributed by atoms with Gasteiger partial charge in [-0.05, 0) is 30.2 Å². The summed E-state index contributed by atoms with van der Waals surface area (Å²) in [5, 5.41) is 6.79. The van der Waals surface area contributed by atoms with Gasteiger partial charge in [-0.15, -0.1) is 0 Å². The van der Waals surface area contributed by atoms with Crippen LogP contribution < -0.4 is 0 Å². The summed E-state index contributed by atoms with van der Waals surface area (Å²) in [7, 11) is 0. The van der Waals surface area contributed by atoms with Crippen LogP contribution in [0.2, 0.25) is 0 Å². The number of benzene rings is 2. The van der Waals surface area contributed by atoms with E-state index < -0.39 is 0 Å². The van der Waals surface area contributed by atoms with E-state index >= 15 is 0 Å². The Morgan fingerprint density at radius 2 is 1.61 bits per heavy atom. The zero-order valence-corrected chi connectivity index (χ0v) is 13.5. The molecule has 0 spiro atoms. The molecule has 0 aliphatic carbocycles. The Hall–Kier alpha value is -2.20. The Labute approximate surface area is 137 Å². The highest BCUT2D eigenvalue weighted by molar-refractivity contribution is 5.98. The molecule has 0 radical (unpaired) electrons. The van der Waals surface area contributed by atoms with E-state index in [1.165, 1.54) is 17.7 Å². The monoisotopic (exact) mass is 311 g/mol. The Bertz CT molecular complexity index is 644. The van der Waals surface area contributed by atoms with Crippen molar-refractivity contribution in [3.8, 4) is 0 Å². The van der Waals surface area contributed by atoms with Crippen LogP contribution in [-0.4, -0.2) is 41.8 Å². The van der Waals surface area contributed by atoms with E-state index in [1.807, 2.05) is 13.0 Å². The summed E-state index contributed by atoms with van der Waals surface area (Å²) in [6.07, 6.45) is 0. The molecule has 0 unspecified atom stereocenters. The largest absolute Gasteiger partial charge is 0.295 e. The predicted octanol–water partition coefficient (Wildman–Crippen LogP) is 3.37. The minimum atomic E-state index is -0.212. The molecule has 1 fully saturated rings. The van der Waals surface area contributed by atoms with Gasteiger partial charge in [0.05, 0.1) is 5.71 Å². The maximum absolute atomic E-state index is 13.0. The van der Waals surface area contributed by atoms with Gasteiger partial charge < -0.3 is 0 Å². The second kappa shape index (κ2) is 7.38. The van der Waals surface area contributed by atoms with Crippen LogP contribution in [0.25, 0.3) is 0 Å². The van der Waals surface area contributed by atoms with Crippen LogP contribution in [0.15, 0.2) is 59.7 Å². The smallest absolute Gasteiger partial charge is 0.123 e. The molecule has 3 rings (SSSR count). The molecule has 0 saturated carbocycles. The van der Waals surface area contributed by atoms with Gasteiger partial charge in [0.2, 0.25) is 0 Å². The van der Waals surface area contributed by atoms with E-state index in [-0.39, 0.29) is 5.82 Å². The van der Waals surface area contributed by atoms with Gasteiger partial charge in [-0.1, -0.05) is 42.5 Å². The zero-order valence-electron chi connectivity index (χ0n) is 13.5. The van der Waals surface area contributed by atoms with Crippen LogP contribution in [-0.2, 0) is 6.54 Å². The molecule has 120 valence electrons. The molecular formula is C19H22FN3. The summed E-state index contributed by atoms with van der Waals surface area (Å²) in [4.78, 5) is 2.45. The lowest BCUT2D eigenvalue weighted by Gasteiger charge is -2.33. The average Bonchev–Trinajstić information content (AvgIpc) is 2.58. The third-order valence-corrected chi connectivity index (χ3v) is 4.15. The van der Waals surface area contributed by atoms with E-state index in [1.54, 1.807) is 12.1 Å². The minimum absolute atomic E-state index is 0.212. The van der Waals surface area contributed by atoms with Crippen molar-refractivity contribution in [1.29, 1.82) is 0 Å². The van der Waals surface area contributed by atoms with E-state index in [2.05, 4.69) is 39.3 Å². The Morgan fingerprint density at radius 1 is 0.957 bits per heavy atom. The van der Waals surface area contributed by atoms with Crippen molar-refractivity contribution < 1.29 is 4.39 Å². The van der Waals surface area contributed by atoms with Gasteiger partial charge in [0.1, 0.15) is 5.82 Å². The number of nitrogens with zero attached hydrogens (tertiary/aromatic N) is 3. The summed E-state index contributed by atoms with van der Waals surface area (Å²) >= 11 is 0. The summed E-state index contributed by atoms with van der Waals surface area (Å²) in [6, 6.07) is 17.1. The van der Waals surface area contributed by atoms with Crippen molar-refractivity contribution in [3.05, 3.63) is 71.5 Å². The van der Waals surface area contributed by atoms with Crippen LogP contribution in [0.1, 0.15) is 18.1 Å². The van der Waals surface area contributed by atoms with Gasteiger partial charge in [-0.2, -0.15) is 5.10 Å². The second-order valence-electron chi connectivity index (χ2n) is 5.91. The van der Waals surface area contributed by atoms with Gasteiger partial charge in [-0.3, -0.25) is 9.91 Å². The fourth-order valence-electron chi connectivity index (χ4n) is 2.80. The first kappa shape index (κ1) is 15.7. The molecular weight excluding hydrogens is 289 g/mol. The maximum atomic E-state index is 13.0. The topological polar surface area (TPSA) is 18.8 Å². The number of hydrogen-bond donors (Lipinski definition) is 0. The second-order valence-corrected chi connectivity index (χ2v) is 5.91. The SMILES string of the molecule is CC(=NN1CCN(Cc2ccccc2)CC1)c1ccc(F)cc1. The van der Waals surface area contributed by atoms with Crippen molar-refractivity contribution in [1.82, 2.24) is 9.91 Å². The number of piperazine rings is 1. The van der Waals surface area contributed by atoms with Gasteiger partial charge in [0, 0.05) is 32.7 Å². The number of hydrogen-bond acceptors (Lipinski definition) is 3. The van der Waals surface area contributed by atoms with Gasteiger partial charge in [0.25, 0.3) is 0 Å². The molecule has 0 aromatic heterocycles. The first-order chi connectivity index (χ1) is 11.2. The van der Waals surface area contributed by atoms with Crippen molar-refractivity contribution in [3.63, 3.8) is 0 Å². The Balaban J connectivity index is 1.54. The first-order valence-electron chi connectivity index (χ1n) is 8.03. The third kappa shape index (κ3) is 4.39. The minimum Gasteiger partial charge on any atom is -0.295 e. The molecule has 1 heterocycles. The lowest BCUT2D eigenvalue weighted by atomic mass is 10.1. The molecule has 23 heavy (non-hydrogen) atoms. The number of halogens is 1. The fraction of sp³-hybridized carbons (Fsp3) is 0.316. The molecule has 0 N–H and O–H groups in total. The van der Waals surface area contributed by atoms with Crippen LogP contribution in [0.4, 0.5) is 4.39 Å². The molecule has 1 aliphatic heterocycles. The van der Waals surface area contributed by atoms with Crippen LogP contribution in [0.5, 0.6) is 0 Å². The highest BCUT2D eigenvalue weighted by Crippen LogP contribution is 2.10. The lowest BCUT2D eigenvalue weighted by Crippen LogP contribution is -2.43. The fourth-order valence-corrected chi connectivity index (χ4v) is 2.80. The molecule has 2 aromatic rings.